The molecule has 3 atom stereocenters. The number of ether oxygens (including phenoxy) is 2. The summed E-state index contributed by atoms with van der Waals surface area (Å²) in [6.45, 7) is 7.57. The van der Waals surface area contributed by atoms with E-state index in [2.05, 4.69) is 9.98 Å². The van der Waals surface area contributed by atoms with Gasteiger partial charge in [-0.2, -0.15) is 0 Å². The Kier molecular flexibility index (Phi) is 5.38. The van der Waals surface area contributed by atoms with Crippen LogP contribution < -0.4 is 16.2 Å². The van der Waals surface area contributed by atoms with Crippen molar-refractivity contribution in [1.82, 2.24) is 4.98 Å². The molecule has 7 nitrogen and oxygen atoms in total. The van der Waals surface area contributed by atoms with Crippen molar-refractivity contribution >= 4 is 17.5 Å². The van der Waals surface area contributed by atoms with E-state index in [1.165, 1.54) is 0 Å². The number of amidine groups is 1. The summed E-state index contributed by atoms with van der Waals surface area (Å²) in [4.78, 5) is 21.1. The highest BCUT2D eigenvalue weighted by molar-refractivity contribution is 5.90. The normalized spacial score (nSPS) is 18.3. The summed E-state index contributed by atoms with van der Waals surface area (Å²) < 4.78 is 11.5. The quantitative estimate of drug-likeness (QED) is 0.769. The number of rotatable bonds is 5. The van der Waals surface area contributed by atoms with Crippen molar-refractivity contribution in [3.05, 3.63) is 53.9 Å². The van der Waals surface area contributed by atoms with E-state index in [0.29, 0.717) is 22.8 Å². The van der Waals surface area contributed by atoms with Gasteiger partial charge in [-0.05, 0) is 56.2 Å². The SMILES string of the molecule is CC1Oc2ccc(C(N)C(=O)OC(C)(C)C(C)c3ccncc3)cc2N=C1N. The van der Waals surface area contributed by atoms with Crippen molar-refractivity contribution < 1.29 is 14.3 Å². The van der Waals surface area contributed by atoms with Crippen LogP contribution in [0.3, 0.4) is 0 Å². The minimum Gasteiger partial charge on any atom is -0.481 e. The standard InChI is InChI=1S/C21H26N4O3/c1-12(14-7-9-24-10-8-14)21(3,4)28-20(26)18(22)15-5-6-17-16(11-15)25-19(23)13(2)27-17/h5-13,18H,22H2,1-4H3,(H2,23,25). The zero-order valence-electron chi connectivity index (χ0n) is 16.5. The van der Waals surface area contributed by atoms with Crippen LogP contribution in [0.5, 0.6) is 5.75 Å². The fourth-order valence-corrected chi connectivity index (χ4v) is 3.00. The molecule has 0 fully saturated rings. The van der Waals surface area contributed by atoms with Crippen LogP contribution in [0.25, 0.3) is 0 Å². The molecular weight excluding hydrogens is 356 g/mol. The number of hydrogen-bond donors (Lipinski definition) is 2. The molecule has 2 heterocycles. The van der Waals surface area contributed by atoms with Crippen molar-refractivity contribution in [2.24, 2.45) is 16.5 Å². The van der Waals surface area contributed by atoms with Crippen LogP contribution >= 0.6 is 0 Å². The van der Waals surface area contributed by atoms with Gasteiger partial charge >= 0.3 is 5.97 Å². The molecule has 0 radical (unpaired) electrons. The number of hydrogen-bond acceptors (Lipinski definition) is 7. The molecule has 1 aromatic heterocycles. The van der Waals surface area contributed by atoms with Crippen LogP contribution in [0.2, 0.25) is 0 Å². The minimum atomic E-state index is -0.940. The average molecular weight is 382 g/mol. The van der Waals surface area contributed by atoms with Gasteiger partial charge in [-0.15, -0.1) is 0 Å². The van der Waals surface area contributed by atoms with E-state index in [1.54, 1.807) is 30.6 Å². The molecule has 0 amide bonds. The lowest BCUT2D eigenvalue weighted by Gasteiger charge is -2.33. The van der Waals surface area contributed by atoms with E-state index in [0.717, 1.165) is 5.56 Å². The average Bonchev–Trinajstić information content (AvgIpc) is 2.67. The fraction of sp³-hybridized carbons (Fsp3) is 0.381. The molecule has 0 spiro atoms. The lowest BCUT2D eigenvalue weighted by molar-refractivity contribution is -0.160. The maximum absolute atomic E-state index is 12.7. The Hall–Kier alpha value is -2.93. The molecule has 0 aliphatic carbocycles. The molecule has 1 aromatic carbocycles. The summed E-state index contributed by atoms with van der Waals surface area (Å²) in [7, 11) is 0. The van der Waals surface area contributed by atoms with Gasteiger partial charge in [0.25, 0.3) is 0 Å². The maximum atomic E-state index is 12.7. The van der Waals surface area contributed by atoms with Crippen LogP contribution in [-0.4, -0.2) is 28.5 Å². The van der Waals surface area contributed by atoms with Gasteiger partial charge in [0.2, 0.25) is 0 Å². The number of esters is 1. The third-order valence-corrected chi connectivity index (χ3v) is 5.18. The van der Waals surface area contributed by atoms with E-state index in [-0.39, 0.29) is 12.0 Å². The Morgan fingerprint density at radius 3 is 2.57 bits per heavy atom. The molecule has 2 aromatic rings. The smallest absolute Gasteiger partial charge is 0.328 e. The highest BCUT2D eigenvalue weighted by atomic mass is 16.6. The molecule has 4 N–H and O–H groups in total. The van der Waals surface area contributed by atoms with Crippen molar-refractivity contribution in [2.45, 2.75) is 51.4 Å². The molecule has 28 heavy (non-hydrogen) atoms. The van der Waals surface area contributed by atoms with Crippen LogP contribution in [0.15, 0.2) is 47.7 Å². The molecule has 3 rings (SSSR count). The number of aromatic nitrogens is 1. The first-order valence-corrected chi connectivity index (χ1v) is 9.22. The molecule has 0 saturated carbocycles. The van der Waals surface area contributed by atoms with Gasteiger partial charge in [-0.3, -0.25) is 4.98 Å². The van der Waals surface area contributed by atoms with Gasteiger partial charge in [-0.25, -0.2) is 9.79 Å². The molecule has 3 unspecified atom stereocenters. The van der Waals surface area contributed by atoms with Crippen LogP contribution in [-0.2, 0) is 9.53 Å². The molecule has 148 valence electrons. The first-order chi connectivity index (χ1) is 13.2. The molecule has 0 bridgehead atoms. The largest absolute Gasteiger partial charge is 0.481 e. The van der Waals surface area contributed by atoms with Crippen molar-refractivity contribution in [2.75, 3.05) is 0 Å². The zero-order valence-corrected chi connectivity index (χ0v) is 16.5. The van der Waals surface area contributed by atoms with E-state index in [9.17, 15) is 4.79 Å². The highest BCUT2D eigenvalue weighted by Crippen LogP contribution is 2.35. The number of fused-ring (bicyclic) bond motifs is 1. The Morgan fingerprint density at radius 1 is 1.21 bits per heavy atom. The Labute approximate surface area is 164 Å². The second-order valence-corrected chi connectivity index (χ2v) is 7.53. The van der Waals surface area contributed by atoms with Crippen molar-refractivity contribution in [3.8, 4) is 5.75 Å². The molecule has 1 aliphatic heterocycles. The second-order valence-electron chi connectivity index (χ2n) is 7.53. The third kappa shape index (κ3) is 3.99. The van der Waals surface area contributed by atoms with E-state index in [1.807, 2.05) is 39.8 Å². The molecule has 7 heteroatoms. The Balaban J connectivity index is 1.76. The van der Waals surface area contributed by atoms with Crippen molar-refractivity contribution in [1.29, 1.82) is 0 Å². The summed E-state index contributed by atoms with van der Waals surface area (Å²) in [5.74, 6) is 0.452. The second kappa shape index (κ2) is 7.59. The molecular formula is C21H26N4O3. The summed E-state index contributed by atoms with van der Waals surface area (Å²) in [5, 5.41) is 0. The molecule has 0 saturated heterocycles. The van der Waals surface area contributed by atoms with Crippen molar-refractivity contribution in [3.63, 3.8) is 0 Å². The molecule has 1 aliphatic rings. The minimum absolute atomic E-state index is 0.0329. The zero-order chi connectivity index (χ0) is 20.5. The first kappa shape index (κ1) is 19.8. The number of benzene rings is 1. The summed E-state index contributed by atoms with van der Waals surface area (Å²) in [6, 6.07) is 8.08. The van der Waals surface area contributed by atoms with Gasteiger partial charge in [-0.1, -0.05) is 13.0 Å². The number of pyridine rings is 1. The van der Waals surface area contributed by atoms with E-state index in [4.69, 9.17) is 20.9 Å². The number of carbonyl (C=O) groups is 1. The fourth-order valence-electron chi connectivity index (χ4n) is 3.00. The van der Waals surface area contributed by atoms with Gasteiger partial charge in [0.1, 0.15) is 28.9 Å². The lowest BCUT2D eigenvalue weighted by atomic mass is 9.86. The summed E-state index contributed by atoms with van der Waals surface area (Å²) >= 11 is 0. The topological polar surface area (TPSA) is 113 Å². The number of carbonyl (C=O) groups excluding carboxylic acids is 1. The number of aliphatic imine (C=N–C) groups is 1. The summed E-state index contributed by atoms with van der Waals surface area (Å²) in [5.41, 5.74) is 13.5. The Bertz CT molecular complexity index is 896. The van der Waals surface area contributed by atoms with Crippen LogP contribution in [0.4, 0.5) is 5.69 Å². The van der Waals surface area contributed by atoms with Gasteiger partial charge in [0.15, 0.2) is 6.10 Å². The highest BCUT2D eigenvalue weighted by Gasteiger charge is 2.33. The predicted octanol–water partition coefficient (Wildman–Crippen LogP) is 2.98. The maximum Gasteiger partial charge on any atom is 0.328 e. The van der Waals surface area contributed by atoms with E-state index >= 15 is 0 Å². The Morgan fingerprint density at radius 2 is 1.89 bits per heavy atom. The predicted molar refractivity (Wildman–Crippen MR) is 108 cm³/mol. The number of nitrogens with zero attached hydrogens (tertiary/aromatic N) is 2. The van der Waals surface area contributed by atoms with E-state index < -0.39 is 17.6 Å². The van der Waals surface area contributed by atoms with Crippen LogP contribution in [0.1, 0.15) is 50.8 Å². The third-order valence-electron chi connectivity index (χ3n) is 5.18. The van der Waals surface area contributed by atoms with Gasteiger partial charge in [0.05, 0.1) is 0 Å². The number of nitrogens with two attached hydrogens (primary N) is 2. The van der Waals surface area contributed by atoms with Crippen LogP contribution in [0, 0.1) is 0 Å². The lowest BCUT2D eigenvalue weighted by Crippen LogP contribution is -2.37. The van der Waals surface area contributed by atoms with Gasteiger partial charge in [0, 0.05) is 18.3 Å². The monoisotopic (exact) mass is 382 g/mol. The van der Waals surface area contributed by atoms with Gasteiger partial charge < -0.3 is 20.9 Å². The first-order valence-electron chi connectivity index (χ1n) is 9.22. The summed E-state index contributed by atoms with van der Waals surface area (Å²) in [6.07, 6.45) is 3.16.